The molecule has 0 radical (unpaired) electrons. The molecular weight excluding hydrogens is 464 g/mol. The van der Waals surface area contributed by atoms with Crippen LogP contribution < -0.4 is 23.8 Å². The van der Waals surface area contributed by atoms with Crippen LogP contribution in [-0.2, 0) is 4.79 Å². The Hall–Kier alpha value is -4.53. The number of amides is 3. The van der Waals surface area contributed by atoms with E-state index in [1.165, 1.54) is 33.3 Å². The van der Waals surface area contributed by atoms with Gasteiger partial charge in [0.2, 0.25) is 5.75 Å². The highest BCUT2D eigenvalue weighted by molar-refractivity contribution is 6.24. The maximum atomic E-state index is 13.7. The molecule has 3 amide bonds. The number of rotatable bonds is 7. The van der Waals surface area contributed by atoms with Crippen LogP contribution in [0.4, 0.5) is 5.69 Å². The van der Waals surface area contributed by atoms with Crippen LogP contribution in [0.2, 0.25) is 0 Å². The van der Waals surface area contributed by atoms with Crippen LogP contribution in [0.3, 0.4) is 0 Å². The van der Waals surface area contributed by atoms with E-state index in [1.54, 1.807) is 60.7 Å². The Morgan fingerprint density at radius 3 is 1.78 bits per heavy atom. The van der Waals surface area contributed by atoms with Crippen LogP contribution in [-0.4, -0.2) is 57.1 Å². The second-order valence-corrected chi connectivity index (χ2v) is 8.28. The first-order valence-electron chi connectivity index (χ1n) is 11.2. The first-order valence-corrected chi connectivity index (χ1v) is 11.2. The van der Waals surface area contributed by atoms with Crippen molar-refractivity contribution in [2.45, 2.75) is 12.1 Å². The van der Waals surface area contributed by atoms with Gasteiger partial charge in [-0.3, -0.25) is 19.3 Å². The number of nitrogens with zero attached hydrogens (tertiary/aromatic N) is 2. The SMILES string of the molecule is COc1cccc(N2C(=O)C(N3C(=O)c4ccccc4C3=O)C2c2cc(OC)c(OC)c(OC)c2)c1. The molecule has 2 aliphatic heterocycles. The molecule has 0 saturated carbocycles. The number of carbonyl (C=O) groups excluding carboxylic acids is 3. The maximum Gasteiger partial charge on any atom is 0.262 e. The van der Waals surface area contributed by atoms with Gasteiger partial charge in [0, 0.05) is 11.8 Å². The van der Waals surface area contributed by atoms with Gasteiger partial charge in [0.05, 0.1) is 45.6 Å². The van der Waals surface area contributed by atoms with E-state index in [0.717, 1.165) is 4.90 Å². The molecule has 1 fully saturated rings. The lowest BCUT2D eigenvalue weighted by Crippen LogP contribution is -2.67. The maximum absolute atomic E-state index is 13.7. The summed E-state index contributed by atoms with van der Waals surface area (Å²) in [6, 6.07) is 15.3. The highest BCUT2D eigenvalue weighted by Gasteiger charge is 2.57. The van der Waals surface area contributed by atoms with Crippen molar-refractivity contribution in [2.24, 2.45) is 0 Å². The predicted octanol–water partition coefficient (Wildman–Crippen LogP) is 3.47. The van der Waals surface area contributed by atoms with E-state index in [9.17, 15) is 14.4 Å². The van der Waals surface area contributed by atoms with Gasteiger partial charge in [0.25, 0.3) is 17.7 Å². The molecule has 0 N–H and O–H groups in total. The third-order valence-corrected chi connectivity index (χ3v) is 6.53. The number of imide groups is 1. The summed E-state index contributed by atoms with van der Waals surface area (Å²) in [6.07, 6.45) is 0. The topological polar surface area (TPSA) is 94.6 Å². The summed E-state index contributed by atoms with van der Waals surface area (Å²) in [5.41, 5.74) is 1.72. The monoisotopic (exact) mass is 488 g/mol. The molecule has 0 aliphatic carbocycles. The first-order chi connectivity index (χ1) is 17.4. The molecule has 9 heteroatoms. The van der Waals surface area contributed by atoms with Crippen molar-refractivity contribution < 1.29 is 33.3 Å². The van der Waals surface area contributed by atoms with E-state index in [-0.39, 0.29) is 11.1 Å². The summed E-state index contributed by atoms with van der Waals surface area (Å²) in [5.74, 6) is 0.327. The molecule has 0 spiro atoms. The summed E-state index contributed by atoms with van der Waals surface area (Å²) < 4.78 is 21.8. The molecule has 1 saturated heterocycles. The Labute approximate surface area is 207 Å². The Bertz CT molecular complexity index is 1330. The number of β-lactam (4-membered cyclic amide) rings is 1. The van der Waals surface area contributed by atoms with Crippen LogP contribution in [0.5, 0.6) is 23.0 Å². The first kappa shape index (κ1) is 23.2. The summed E-state index contributed by atoms with van der Waals surface area (Å²) in [4.78, 5) is 42.8. The Balaban J connectivity index is 1.65. The highest BCUT2D eigenvalue weighted by atomic mass is 16.5. The van der Waals surface area contributed by atoms with E-state index in [1.807, 2.05) is 0 Å². The van der Waals surface area contributed by atoms with Crippen molar-refractivity contribution in [3.8, 4) is 23.0 Å². The molecule has 2 aliphatic rings. The van der Waals surface area contributed by atoms with Crippen LogP contribution in [0, 0.1) is 0 Å². The zero-order valence-corrected chi connectivity index (χ0v) is 20.2. The van der Waals surface area contributed by atoms with Crippen molar-refractivity contribution >= 4 is 23.4 Å². The van der Waals surface area contributed by atoms with Crippen molar-refractivity contribution in [3.63, 3.8) is 0 Å². The van der Waals surface area contributed by atoms with Gasteiger partial charge in [-0.1, -0.05) is 18.2 Å². The van der Waals surface area contributed by atoms with Gasteiger partial charge in [-0.25, -0.2) is 0 Å². The minimum Gasteiger partial charge on any atom is -0.497 e. The summed E-state index contributed by atoms with van der Waals surface area (Å²) >= 11 is 0. The van der Waals surface area contributed by atoms with Crippen LogP contribution in [0.25, 0.3) is 0 Å². The fourth-order valence-electron chi connectivity index (χ4n) is 4.84. The fourth-order valence-corrected chi connectivity index (χ4v) is 4.84. The van der Waals surface area contributed by atoms with E-state index >= 15 is 0 Å². The smallest absolute Gasteiger partial charge is 0.262 e. The van der Waals surface area contributed by atoms with E-state index in [4.69, 9.17) is 18.9 Å². The van der Waals surface area contributed by atoms with Gasteiger partial charge < -0.3 is 23.8 Å². The lowest BCUT2D eigenvalue weighted by Gasteiger charge is -2.49. The van der Waals surface area contributed by atoms with Gasteiger partial charge in [0.15, 0.2) is 11.5 Å². The lowest BCUT2D eigenvalue weighted by molar-refractivity contribution is -0.130. The standard InChI is InChI=1S/C27H24N2O7/c1-33-17-9-7-8-16(14-17)28-22(15-12-20(34-2)24(36-4)21(13-15)35-3)23(27(28)32)29-25(30)18-10-5-6-11-19(18)26(29)31/h5-14,22-23H,1-4H3. The summed E-state index contributed by atoms with van der Waals surface area (Å²) in [7, 11) is 6.02. The van der Waals surface area contributed by atoms with Gasteiger partial charge in [-0.15, -0.1) is 0 Å². The molecule has 9 nitrogen and oxygen atoms in total. The van der Waals surface area contributed by atoms with Crippen molar-refractivity contribution in [2.75, 3.05) is 33.3 Å². The third-order valence-electron chi connectivity index (χ3n) is 6.53. The quantitative estimate of drug-likeness (QED) is 0.371. The van der Waals surface area contributed by atoms with Gasteiger partial charge in [0.1, 0.15) is 11.8 Å². The molecule has 3 aromatic carbocycles. The Morgan fingerprint density at radius 1 is 0.639 bits per heavy atom. The molecule has 184 valence electrons. The van der Waals surface area contributed by atoms with Gasteiger partial charge in [-0.05, 0) is 42.0 Å². The number of hydrogen-bond acceptors (Lipinski definition) is 7. The van der Waals surface area contributed by atoms with Crippen molar-refractivity contribution in [3.05, 3.63) is 77.4 Å². The molecule has 3 aromatic rings. The lowest BCUT2D eigenvalue weighted by atomic mass is 9.86. The molecule has 36 heavy (non-hydrogen) atoms. The number of hydrogen-bond donors (Lipinski definition) is 0. The van der Waals surface area contributed by atoms with Crippen LogP contribution in [0.1, 0.15) is 32.3 Å². The molecule has 2 atom stereocenters. The summed E-state index contributed by atoms with van der Waals surface area (Å²) in [5, 5.41) is 0. The number of fused-ring (bicyclic) bond motifs is 1. The number of ether oxygens (including phenoxy) is 4. The van der Waals surface area contributed by atoms with Crippen LogP contribution in [0.15, 0.2) is 60.7 Å². The van der Waals surface area contributed by atoms with Gasteiger partial charge >= 0.3 is 0 Å². The molecule has 0 aromatic heterocycles. The Morgan fingerprint density at radius 2 is 1.25 bits per heavy atom. The van der Waals surface area contributed by atoms with E-state index in [0.29, 0.717) is 34.2 Å². The van der Waals surface area contributed by atoms with E-state index < -0.39 is 29.8 Å². The second kappa shape index (κ2) is 8.92. The number of anilines is 1. The second-order valence-electron chi connectivity index (χ2n) is 8.28. The van der Waals surface area contributed by atoms with Gasteiger partial charge in [-0.2, -0.15) is 0 Å². The average molecular weight is 488 g/mol. The highest BCUT2D eigenvalue weighted by Crippen LogP contribution is 2.48. The minimum absolute atomic E-state index is 0.277. The molecule has 5 rings (SSSR count). The molecular formula is C27H24N2O7. The van der Waals surface area contributed by atoms with Crippen molar-refractivity contribution in [1.82, 2.24) is 4.90 Å². The zero-order chi connectivity index (χ0) is 25.6. The fraction of sp³-hybridized carbons (Fsp3) is 0.222. The average Bonchev–Trinajstić information content (AvgIpc) is 3.16. The normalized spacial score (nSPS) is 18.6. The molecule has 0 bridgehead atoms. The number of benzene rings is 3. The molecule has 2 unspecified atom stereocenters. The van der Waals surface area contributed by atoms with Crippen LogP contribution >= 0.6 is 0 Å². The number of methoxy groups -OCH3 is 4. The minimum atomic E-state index is -1.06. The third kappa shape index (κ3) is 3.35. The largest absolute Gasteiger partial charge is 0.497 e. The van der Waals surface area contributed by atoms with Crippen molar-refractivity contribution in [1.29, 1.82) is 0 Å². The summed E-state index contributed by atoms with van der Waals surface area (Å²) in [6.45, 7) is 0. The molecule has 2 heterocycles. The predicted molar refractivity (Wildman–Crippen MR) is 130 cm³/mol. The zero-order valence-electron chi connectivity index (χ0n) is 20.2. The van der Waals surface area contributed by atoms with E-state index in [2.05, 4.69) is 0 Å². The number of carbonyl (C=O) groups is 3. The Kier molecular flexibility index (Phi) is 5.75.